The highest BCUT2D eigenvalue weighted by atomic mass is 79.9. The van der Waals surface area contributed by atoms with E-state index in [4.69, 9.17) is 5.73 Å². The average molecular weight is 285 g/mol. The van der Waals surface area contributed by atoms with Crippen LogP contribution in [0.25, 0.3) is 0 Å². The summed E-state index contributed by atoms with van der Waals surface area (Å²) in [6, 6.07) is 5.28. The van der Waals surface area contributed by atoms with E-state index in [1.54, 1.807) is 23.1 Å². The molecule has 1 rings (SSSR count). The highest BCUT2D eigenvalue weighted by molar-refractivity contribution is 9.10. The molecule has 1 aromatic carbocycles. The predicted octanol–water partition coefficient (Wildman–Crippen LogP) is 2.90. The fourth-order valence-electron chi connectivity index (χ4n) is 1.41. The first-order valence-electron chi connectivity index (χ1n) is 5.36. The number of amides is 1. The van der Waals surface area contributed by atoms with E-state index < -0.39 is 0 Å². The third-order valence-corrected chi connectivity index (χ3v) is 3.11. The van der Waals surface area contributed by atoms with Crippen LogP contribution < -0.4 is 5.73 Å². The summed E-state index contributed by atoms with van der Waals surface area (Å²) >= 11 is 3.36. The summed E-state index contributed by atoms with van der Waals surface area (Å²) in [4.78, 5) is 13.8. The molecular weight excluding hydrogens is 268 g/mol. The first-order valence-corrected chi connectivity index (χ1v) is 6.16. The van der Waals surface area contributed by atoms with Gasteiger partial charge in [-0.2, -0.15) is 0 Å². The molecule has 0 unspecified atom stereocenters. The van der Waals surface area contributed by atoms with Gasteiger partial charge in [-0.3, -0.25) is 4.79 Å². The van der Waals surface area contributed by atoms with E-state index in [1.165, 1.54) is 0 Å². The Balaban J connectivity index is 2.83. The molecule has 1 aromatic rings. The number of rotatable bonds is 4. The van der Waals surface area contributed by atoms with Gasteiger partial charge in [-0.1, -0.05) is 13.3 Å². The molecule has 4 heteroatoms. The maximum Gasteiger partial charge on any atom is 0.254 e. The van der Waals surface area contributed by atoms with Crippen LogP contribution in [-0.4, -0.2) is 24.4 Å². The van der Waals surface area contributed by atoms with Gasteiger partial charge in [0, 0.05) is 23.8 Å². The molecule has 0 bridgehead atoms. The highest BCUT2D eigenvalue weighted by Gasteiger charge is 2.14. The summed E-state index contributed by atoms with van der Waals surface area (Å²) in [6.07, 6.45) is 2.10. The Morgan fingerprint density at radius 1 is 1.50 bits per heavy atom. The van der Waals surface area contributed by atoms with Gasteiger partial charge in [0.25, 0.3) is 5.91 Å². The van der Waals surface area contributed by atoms with Gasteiger partial charge in [-0.05, 0) is 40.5 Å². The third-order valence-electron chi connectivity index (χ3n) is 2.41. The minimum Gasteiger partial charge on any atom is -0.399 e. The van der Waals surface area contributed by atoms with Gasteiger partial charge in [-0.15, -0.1) is 0 Å². The summed E-state index contributed by atoms with van der Waals surface area (Å²) in [6.45, 7) is 2.88. The summed E-state index contributed by atoms with van der Waals surface area (Å²) in [5.41, 5.74) is 6.90. The summed E-state index contributed by atoms with van der Waals surface area (Å²) in [7, 11) is 1.81. The van der Waals surface area contributed by atoms with Crippen molar-refractivity contribution in [2.75, 3.05) is 19.3 Å². The van der Waals surface area contributed by atoms with E-state index >= 15 is 0 Å². The summed E-state index contributed by atoms with van der Waals surface area (Å²) in [5, 5.41) is 0. The summed E-state index contributed by atoms with van der Waals surface area (Å²) < 4.78 is 0.787. The minimum absolute atomic E-state index is 0.00706. The van der Waals surface area contributed by atoms with Crippen molar-refractivity contribution in [3.63, 3.8) is 0 Å². The van der Waals surface area contributed by atoms with E-state index in [0.29, 0.717) is 11.3 Å². The zero-order chi connectivity index (χ0) is 12.1. The fourth-order valence-corrected chi connectivity index (χ4v) is 1.83. The molecular formula is C12H17BrN2O. The Labute approximate surface area is 105 Å². The van der Waals surface area contributed by atoms with Gasteiger partial charge in [0.2, 0.25) is 0 Å². The minimum atomic E-state index is 0.00706. The van der Waals surface area contributed by atoms with Crippen molar-refractivity contribution in [3.05, 3.63) is 28.2 Å². The topological polar surface area (TPSA) is 46.3 Å². The molecule has 0 radical (unpaired) electrons. The van der Waals surface area contributed by atoms with E-state index in [9.17, 15) is 4.79 Å². The molecule has 16 heavy (non-hydrogen) atoms. The molecule has 0 spiro atoms. The number of carbonyl (C=O) groups is 1. The lowest BCUT2D eigenvalue weighted by Crippen LogP contribution is -2.28. The van der Waals surface area contributed by atoms with Crippen molar-refractivity contribution in [2.45, 2.75) is 19.8 Å². The molecule has 2 N–H and O–H groups in total. The van der Waals surface area contributed by atoms with Crippen LogP contribution in [0.1, 0.15) is 30.1 Å². The second-order valence-electron chi connectivity index (χ2n) is 3.82. The molecule has 0 saturated carbocycles. The quantitative estimate of drug-likeness (QED) is 0.865. The van der Waals surface area contributed by atoms with Crippen LogP contribution in [-0.2, 0) is 0 Å². The number of nitrogen functional groups attached to an aromatic ring is 1. The van der Waals surface area contributed by atoms with Crippen molar-refractivity contribution in [3.8, 4) is 0 Å². The first-order chi connectivity index (χ1) is 7.56. The van der Waals surface area contributed by atoms with Gasteiger partial charge in [-0.25, -0.2) is 0 Å². The summed E-state index contributed by atoms with van der Waals surface area (Å²) in [5.74, 6) is 0.00706. The Bertz CT molecular complexity index is 379. The maximum absolute atomic E-state index is 12.1. The van der Waals surface area contributed by atoms with Crippen LogP contribution in [0.3, 0.4) is 0 Å². The van der Waals surface area contributed by atoms with Crippen LogP contribution in [0.5, 0.6) is 0 Å². The van der Waals surface area contributed by atoms with Crippen molar-refractivity contribution in [1.82, 2.24) is 4.90 Å². The number of nitrogens with zero attached hydrogens (tertiary/aromatic N) is 1. The number of hydrogen-bond acceptors (Lipinski definition) is 2. The maximum atomic E-state index is 12.1. The molecule has 0 atom stereocenters. The van der Waals surface area contributed by atoms with Gasteiger partial charge < -0.3 is 10.6 Å². The monoisotopic (exact) mass is 284 g/mol. The van der Waals surface area contributed by atoms with Crippen LogP contribution in [0.2, 0.25) is 0 Å². The molecule has 1 amide bonds. The number of nitrogens with two attached hydrogens (primary N) is 1. The van der Waals surface area contributed by atoms with Gasteiger partial charge in [0.1, 0.15) is 0 Å². The van der Waals surface area contributed by atoms with Crippen LogP contribution in [0.4, 0.5) is 5.69 Å². The van der Waals surface area contributed by atoms with E-state index in [-0.39, 0.29) is 5.91 Å². The highest BCUT2D eigenvalue weighted by Crippen LogP contribution is 2.20. The number of hydrogen-bond donors (Lipinski definition) is 1. The second kappa shape index (κ2) is 5.89. The van der Waals surface area contributed by atoms with Gasteiger partial charge >= 0.3 is 0 Å². The lowest BCUT2D eigenvalue weighted by Gasteiger charge is -2.17. The number of benzene rings is 1. The SMILES string of the molecule is CCCCN(C)C(=O)c1cc(N)ccc1Br. The number of halogens is 1. The predicted molar refractivity (Wildman–Crippen MR) is 70.4 cm³/mol. The van der Waals surface area contributed by atoms with Crippen LogP contribution in [0, 0.1) is 0 Å². The van der Waals surface area contributed by atoms with Crippen molar-refractivity contribution < 1.29 is 4.79 Å². The molecule has 3 nitrogen and oxygen atoms in total. The number of carbonyl (C=O) groups excluding carboxylic acids is 1. The number of unbranched alkanes of at least 4 members (excludes halogenated alkanes) is 1. The van der Waals surface area contributed by atoms with Crippen LogP contribution >= 0.6 is 15.9 Å². The average Bonchev–Trinajstić information content (AvgIpc) is 2.28. The Morgan fingerprint density at radius 2 is 2.19 bits per heavy atom. The first kappa shape index (κ1) is 13.0. The zero-order valence-corrected chi connectivity index (χ0v) is 11.3. The smallest absolute Gasteiger partial charge is 0.254 e. The van der Waals surface area contributed by atoms with E-state index in [0.717, 1.165) is 23.9 Å². The lowest BCUT2D eigenvalue weighted by atomic mass is 10.1. The largest absolute Gasteiger partial charge is 0.399 e. The van der Waals surface area contributed by atoms with Crippen LogP contribution in [0.15, 0.2) is 22.7 Å². The Kier molecular flexibility index (Phi) is 4.80. The van der Waals surface area contributed by atoms with Crippen molar-refractivity contribution in [2.24, 2.45) is 0 Å². The van der Waals surface area contributed by atoms with Crippen molar-refractivity contribution in [1.29, 1.82) is 0 Å². The molecule has 0 aliphatic carbocycles. The van der Waals surface area contributed by atoms with E-state index in [1.807, 2.05) is 7.05 Å². The second-order valence-corrected chi connectivity index (χ2v) is 4.67. The Hall–Kier alpha value is -1.03. The molecule has 88 valence electrons. The normalized spacial score (nSPS) is 10.2. The molecule has 0 heterocycles. The Morgan fingerprint density at radius 3 is 2.81 bits per heavy atom. The fraction of sp³-hybridized carbons (Fsp3) is 0.417. The molecule has 0 fully saturated rings. The molecule has 0 aliphatic heterocycles. The molecule has 0 saturated heterocycles. The number of anilines is 1. The lowest BCUT2D eigenvalue weighted by molar-refractivity contribution is 0.0792. The van der Waals surface area contributed by atoms with Crippen molar-refractivity contribution >= 4 is 27.5 Å². The standard InChI is InChI=1S/C12H17BrN2O/c1-3-4-7-15(2)12(16)10-8-9(14)5-6-11(10)13/h5-6,8H,3-4,7,14H2,1-2H3. The third kappa shape index (κ3) is 3.23. The zero-order valence-electron chi connectivity index (χ0n) is 9.66. The van der Waals surface area contributed by atoms with Gasteiger partial charge in [0.15, 0.2) is 0 Å². The molecule has 0 aliphatic rings. The molecule has 0 aromatic heterocycles. The van der Waals surface area contributed by atoms with E-state index in [2.05, 4.69) is 22.9 Å². The van der Waals surface area contributed by atoms with Gasteiger partial charge in [0.05, 0.1) is 5.56 Å².